The molecule has 0 radical (unpaired) electrons. The highest BCUT2D eigenvalue weighted by Gasteiger charge is 2.39. The molecule has 0 aliphatic carbocycles. The van der Waals surface area contributed by atoms with Crippen LogP contribution < -0.4 is 16.0 Å². The van der Waals surface area contributed by atoms with E-state index in [4.69, 9.17) is 9.94 Å². The molecule has 43 heavy (non-hydrogen) atoms. The number of carbonyl (C=O) groups is 6. The van der Waals surface area contributed by atoms with E-state index in [-0.39, 0.29) is 24.6 Å². The monoisotopic (exact) mass is 606 g/mol. The second-order valence-electron chi connectivity index (χ2n) is 10.4. The average molecular weight is 607 g/mol. The van der Waals surface area contributed by atoms with Crippen molar-refractivity contribution in [3.8, 4) is 0 Å². The fourth-order valence-electron chi connectivity index (χ4n) is 4.52. The zero-order chi connectivity index (χ0) is 32.4. The van der Waals surface area contributed by atoms with Gasteiger partial charge >= 0.3 is 5.97 Å². The number of nitrogens with zero attached hydrogens (tertiary/aromatic N) is 3. The number of likely N-dealkylation sites (tertiary alicyclic amines) is 1. The highest BCUT2D eigenvalue weighted by Crippen LogP contribution is 2.20. The molecule has 2 rings (SSSR count). The molecule has 236 valence electrons. The van der Waals surface area contributed by atoms with Gasteiger partial charge in [-0.2, -0.15) is 0 Å². The van der Waals surface area contributed by atoms with Crippen LogP contribution in [0, 0.1) is 16.0 Å². The van der Waals surface area contributed by atoms with Crippen LogP contribution in [0.3, 0.4) is 0 Å². The number of hydrogen-bond donors (Lipinski definition) is 4. The number of aliphatic carboxylic acids is 1. The maximum absolute atomic E-state index is 13.3. The van der Waals surface area contributed by atoms with E-state index < -0.39 is 71.0 Å². The van der Waals surface area contributed by atoms with Crippen LogP contribution in [0.4, 0.5) is 11.4 Å². The molecule has 0 bridgehead atoms. The van der Waals surface area contributed by atoms with Crippen LogP contribution in [-0.2, 0) is 33.6 Å². The van der Waals surface area contributed by atoms with Crippen LogP contribution in [-0.4, -0.2) is 93.3 Å². The minimum atomic E-state index is -1.19. The maximum atomic E-state index is 13.3. The largest absolute Gasteiger partial charge is 0.481 e. The van der Waals surface area contributed by atoms with Crippen molar-refractivity contribution >= 4 is 46.9 Å². The molecule has 1 aromatic carbocycles. The Morgan fingerprint density at radius 2 is 1.67 bits per heavy atom. The fraction of sp³-hybridized carbons (Fsp3) is 0.556. The number of nitro benzene ring substituents is 1. The summed E-state index contributed by atoms with van der Waals surface area (Å²) >= 11 is 0. The molecule has 1 aliphatic rings. The predicted octanol–water partition coefficient (Wildman–Crippen LogP) is 0.813. The van der Waals surface area contributed by atoms with Crippen LogP contribution in [0.5, 0.6) is 0 Å². The molecule has 0 spiro atoms. The van der Waals surface area contributed by atoms with Gasteiger partial charge in [0.25, 0.3) is 5.69 Å². The highest BCUT2D eigenvalue weighted by molar-refractivity contribution is 5.99. The molecule has 0 unspecified atom stereocenters. The van der Waals surface area contributed by atoms with E-state index in [0.29, 0.717) is 18.5 Å². The number of hydroxylamine groups is 2. The predicted molar refractivity (Wildman–Crippen MR) is 151 cm³/mol. The number of nitro groups is 1. The third-order valence-corrected chi connectivity index (χ3v) is 6.89. The van der Waals surface area contributed by atoms with E-state index in [1.54, 1.807) is 13.8 Å². The Hall–Kier alpha value is -4.60. The average Bonchev–Trinajstić information content (AvgIpc) is 3.44. The van der Waals surface area contributed by atoms with E-state index in [1.165, 1.54) is 43.0 Å². The number of carboxylic acids is 1. The van der Waals surface area contributed by atoms with Gasteiger partial charge in [0.15, 0.2) is 0 Å². The summed E-state index contributed by atoms with van der Waals surface area (Å²) < 4.78 is 0. The molecule has 4 atom stereocenters. The van der Waals surface area contributed by atoms with Gasteiger partial charge in [-0.1, -0.05) is 13.8 Å². The van der Waals surface area contributed by atoms with E-state index >= 15 is 0 Å². The number of non-ortho nitro benzene ring substituents is 1. The van der Waals surface area contributed by atoms with Gasteiger partial charge in [0.2, 0.25) is 29.5 Å². The fourth-order valence-corrected chi connectivity index (χ4v) is 4.52. The molecule has 16 nitrogen and oxygen atoms in total. The molecule has 16 heteroatoms. The van der Waals surface area contributed by atoms with Crippen molar-refractivity contribution in [1.82, 2.24) is 20.6 Å². The first kappa shape index (κ1) is 34.6. The number of hydrogen-bond acceptors (Lipinski definition) is 9. The minimum Gasteiger partial charge on any atom is -0.481 e. The molecule has 1 saturated heterocycles. The van der Waals surface area contributed by atoms with Gasteiger partial charge in [-0.25, -0.2) is 5.06 Å². The van der Waals surface area contributed by atoms with Crippen LogP contribution in [0.25, 0.3) is 0 Å². The van der Waals surface area contributed by atoms with Gasteiger partial charge < -0.3 is 26.0 Å². The van der Waals surface area contributed by atoms with Crippen molar-refractivity contribution in [2.75, 3.05) is 19.0 Å². The molecular weight excluding hydrogens is 568 g/mol. The first-order valence-electron chi connectivity index (χ1n) is 13.7. The normalized spacial score (nSPS) is 16.5. The van der Waals surface area contributed by atoms with E-state index in [9.17, 15) is 38.9 Å². The molecule has 0 saturated carbocycles. The number of rotatable bonds is 14. The Morgan fingerprint density at radius 1 is 1.05 bits per heavy atom. The molecule has 1 aliphatic heterocycles. The number of amides is 5. The molecule has 1 fully saturated rings. The van der Waals surface area contributed by atoms with Gasteiger partial charge in [0, 0.05) is 30.8 Å². The topological polar surface area (TPSA) is 218 Å². The summed E-state index contributed by atoms with van der Waals surface area (Å²) in [7, 11) is 1.15. The van der Waals surface area contributed by atoms with Gasteiger partial charge in [-0.05, 0) is 44.7 Å². The number of nitrogens with one attached hydrogen (secondary N) is 3. The van der Waals surface area contributed by atoms with E-state index in [2.05, 4.69) is 16.0 Å². The Kier molecular flexibility index (Phi) is 12.5. The molecule has 1 aromatic rings. The Balaban J connectivity index is 2.04. The van der Waals surface area contributed by atoms with Gasteiger partial charge in [-0.15, -0.1) is 0 Å². The van der Waals surface area contributed by atoms with Crippen LogP contribution in [0.1, 0.15) is 53.4 Å². The third kappa shape index (κ3) is 9.46. The van der Waals surface area contributed by atoms with Crippen LogP contribution >= 0.6 is 0 Å². The first-order chi connectivity index (χ1) is 20.2. The summed E-state index contributed by atoms with van der Waals surface area (Å²) in [5.41, 5.74) is 0.167. The zero-order valence-corrected chi connectivity index (χ0v) is 24.7. The standard InChI is InChI=1S/C27H38N6O10/c1-15(2)23(26(39)29-18-8-10-19(11-9-18)33(41)42)30-25(38)20-7-6-14-31(20)27(40)16(3)28-24(37)17(4)32(43-5)21(34)12-13-22(35)36/h8-11,15-17,20,23H,6-7,12-14H2,1-5H3,(H,28,37)(H,29,39)(H,30,38)(H,35,36)/t16-,17-,20-,23-/m0/s1. The quantitative estimate of drug-likeness (QED) is 0.173. The lowest BCUT2D eigenvalue weighted by Crippen LogP contribution is -2.57. The Labute approximate surface area is 248 Å². The van der Waals surface area contributed by atoms with Crippen molar-refractivity contribution in [1.29, 1.82) is 0 Å². The summed E-state index contributed by atoms with van der Waals surface area (Å²) in [4.78, 5) is 92.0. The van der Waals surface area contributed by atoms with Gasteiger partial charge in [0.1, 0.15) is 24.2 Å². The molecule has 5 amide bonds. The Bertz CT molecular complexity index is 1220. The lowest BCUT2D eigenvalue weighted by atomic mass is 10.0. The van der Waals surface area contributed by atoms with Crippen molar-refractivity contribution in [3.63, 3.8) is 0 Å². The summed E-state index contributed by atoms with van der Waals surface area (Å²) in [6.07, 6.45) is 0.0105. The zero-order valence-electron chi connectivity index (χ0n) is 24.7. The van der Waals surface area contributed by atoms with Gasteiger partial charge in [0.05, 0.1) is 18.5 Å². The second-order valence-corrected chi connectivity index (χ2v) is 10.4. The lowest BCUT2D eigenvalue weighted by Gasteiger charge is -2.30. The summed E-state index contributed by atoms with van der Waals surface area (Å²) in [5, 5.41) is 28.2. The van der Waals surface area contributed by atoms with E-state index in [0.717, 1.165) is 12.2 Å². The lowest BCUT2D eigenvalue weighted by molar-refractivity contribution is -0.384. The van der Waals surface area contributed by atoms with Crippen molar-refractivity contribution in [3.05, 3.63) is 34.4 Å². The molecular formula is C27H38N6O10. The highest BCUT2D eigenvalue weighted by atomic mass is 16.7. The van der Waals surface area contributed by atoms with Crippen molar-refractivity contribution < 1.29 is 43.6 Å². The second kappa shape index (κ2) is 15.6. The third-order valence-electron chi connectivity index (χ3n) is 6.89. The van der Waals surface area contributed by atoms with Crippen LogP contribution in [0.15, 0.2) is 24.3 Å². The summed E-state index contributed by atoms with van der Waals surface area (Å²) in [6, 6.07) is 1.10. The number of carbonyl (C=O) groups excluding carboxylic acids is 5. The first-order valence-corrected chi connectivity index (χ1v) is 13.7. The smallest absolute Gasteiger partial charge is 0.303 e. The minimum absolute atomic E-state index is 0.141. The number of carboxylic acid groups (broad SMARTS) is 1. The van der Waals surface area contributed by atoms with Crippen molar-refractivity contribution in [2.45, 2.75) is 77.5 Å². The molecule has 0 aromatic heterocycles. The van der Waals surface area contributed by atoms with Gasteiger partial charge in [-0.3, -0.25) is 43.7 Å². The van der Waals surface area contributed by atoms with Crippen LogP contribution in [0.2, 0.25) is 0 Å². The maximum Gasteiger partial charge on any atom is 0.303 e. The Morgan fingerprint density at radius 3 is 2.21 bits per heavy atom. The van der Waals surface area contributed by atoms with E-state index in [1.807, 2.05) is 0 Å². The number of benzene rings is 1. The number of anilines is 1. The summed E-state index contributed by atoms with van der Waals surface area (Å²) in [5.74, 6) is -4.61. The molecule has 1 heterocycles. The molecule has 4 N–H and O–H groups in total. The summed E-state index contributed by atoms with van der Waals surface area (Å²) in [6.45, 7) is 6.48. The SMILES string of the molecule is CON(C(=O)CCC(=O)O)[C@@H](C)C(=O)N[C@@H](C)C(=O)N1CCC[C@H]1C(=O)N[C@H](C(=O)Nc1ccc([N+](=O)[O-])cc1)C(C)C. The van der Waals surface area contributed by atoms with Crippen molar-refractivity contribution in [2.24, 2.45) is 5.92 Å².